The van der Waals surface area contributed by atoms with E-state index in [1.165, 1.54) is 50.8 Å². The van der Waals surface area contributed by atoms with Crippen molar-refractivity contribution in [2.24, 2.45) is 4.99 Å². The Morgan fingerprint density at radius 3 is 2.73 bits per heavy atom. The molecule has 6 nitrogen and oxygen atoms in total. The van der Waals surface area contributed by atoms with Gasteiger partial charge in [0.25, 0.3) is 0 Å². The third kappa shape index (κ3) is 5.94. The van der Waals surface area contributed by atoms with Gasteiger partial charge in [0.05, 0.1) is 5.69 Å². The van der Waals surface area contributed by atoms with Gasteiger partial charge >= 0.3 is 0 Å². The largest absolute Gasteiger partial charge is 0.444 e. The molecule has 1 atom stereocenters. The number of likely N-dealkylation sites (tertiary alicyclic amines) is 1. The summed E-state index contributed by atoms with van der Waals surface area (Å²) in [4.78, 5) is 11.5. The molecule has 1 saturated carbocycles. The maximum atomic E-state index is 13.0. The molecule has 2 heterocycles. The average Bonchev–Trinajstić information content (AvgIpc) is 3.49. The summed E-state index contributed by atoms with van der Waals surface area (Å²) in [6.45, 7) is 3.01. The Morgan fingerprint density at radius 2 is 2.00 bits per heavy atom. The van der Waals surface area contributed by atoms with Crippen LogP contribution >= 0.6 is 24.0 Å². The van der Waals surface area contributed by atoms with Crippen molar-refractivity contribution in [3.63, 3.8) is 0 Å². The van der Waals surface area contributed by atoms with E-state index in [2.05, 4.69) is 25.5 Å². The Labute approximate surface area is 194 Å². The zero-order valence-electron chi connectivity index (χ0n) is 17.4. The van der Waals surface area contributed by atoms with Crippen molar-refractivity contribution in [3.8, 4) is 11.5 Å². The Morgan fingerprint density at radius 1 is 1.23 bits per heavy atom. The number of oxazole rings is 1. The number of nitrogens with one attached hydrogen (secondary N) is 2. The molecular formula is C22H31FIN5O. The molecule has 2 aromatic rings. The monoisotopic (exact) mass is 527 g/mol. The number of guanidine groups is 1. The van der Waals surface area contributed by atoms with Crippen LogP contribution in [0.1, 0.15) is 37.8 Å². The first kappa shape index (κ1) is 23.0. The van der Waals surface area contributed by atoms with Crippen molar-refractivity contribution in [1.82, 2.24) is 20.5 Å². The molecule has 2 aliphatic rings. The van der Waals surface area contributed by atoms with E-state index in [1.54, 1.807) is 18.4 Å². The number of benzene rings is 1. The first-order valence-electron chi connectivity index (χ1n) is 10.6. The normalized spacial score (nSPS) is 20.3. The quantitative estimate of drug-likeness (QED) is 0.340. The third-order valence-corrected chi connectivity index (χ3v) is 5.94. The third-order valence-electron chi connectivity index (χ3n) is 5.94. The lowest BCUT2D eigenvalue weighted by molar-refractivity contribution is 0.242. The molecule has 0 radical (unpaired) electrons. The molecular weight excluding hydrogens is 496 g/mol. The van der Waals surface area contributed by atoms with E-state index in [0.717, 1.165) is 36.2 Å². The van der Waals surface area contributed by atoms with Crippen LogP contribution in [-0.4, -0.2) is 54.6 Å². The second kappa shape index (κ2) is 11.1. The molecule has 0 bridgehead atoms. The van der Waals surface area contributed by atoms with E-state index in [4.69, 9.17) is 4.42 Å². The smallest absolute Gasteiger partial charge is 0.226 e. The standard InChI is InChI=1S/C22H30FN5O.HI/c1-24-22(27-18-11-13-28(14-18)20-4-2-3-5-20)25-12-10-19-15-29-21(26-19)16-6-8-17(23)9-7-16;/h6-9,15,18,20H,2-5,10-14H2,1H3,(H2,24,25,27);1H. The molecule has 1 unspecified atom stereocenters. The maximum Gasteiger partial charge on any atom is 0.226 e. The molecule has 4 rings (SSSR count). The maximum absolute atomic E-state index is 13.0. The molecule has 0 spiro atoms. The van der Waals surface area contributed by atoms with E-state index < -0.39 is 0 Å². The number of rotatable bonds is 6. The van der Waals surface area contributed by atoms with Gasteiger partial charge < -0.3 is 15.1 Å². The van der Waals surface area contributed by atoms with Crippen LogP contribution < -0.4 is 10.6 Å². The van der Waals surface area contributed by atoms with E-state index in [0.29, 0.717) is 18.5 Å². The Hall–Kier alpha value is -1.68. The molecule has 8 heteroatoms. The minimum Gasteiger partial charge on any atom is -0.444 e. The summed E-state index contributed by atoms with van der Waals surface area (Å²) in [5.74, 6) is 1.09. The van der Waals surface area contributed by atoms with Crippen LogP contribution in [0.4, 0.5) is 4.39 Å². The summed E-state index contributed by atoms with van der Waals surface area (Å²) in [5.41, 5.74) is 1.64. The van der Waals surface area contributed by atoms with Gasteiger partial charge in [-0.3, -0.25) is 9.89 Å². The van der Waals surface area contributed by atoms with Crippen molar-refractivity contribution in [2.75, 3.05) is 26.7 Å². The van der Waals surface area contributed by atoms with Crippen LogP contribution in [0.5, 0.6) is 0 Å². The summed E-state index contributed by atoms with van der Waals surface area (Å²) in [6, 6.07) is 7.41. The van der Waals surface area contributed by atoms with E-state index in [1.807, 2.05) is 7.05 Å². The van der Waals surface area contributed by atoms with Crippen LogP contribution in [0.3, 0.4) is 0 Å². The fraction of sp³-hybridized carbons (Fsp3) is 0.545. The van der Waals surface area contributed by atoms with Crippen molar-refractivity contribution >= 4 is 29.9 Å². The van der Waals surface area contributed by atoms with Crippen LogP contribution in [0.2, 0.25) is 0 Å². The minimum atomic E-state index is -0.266. The van der Waals surface area contributed by atoms with Gasteiger partial charge in [0.1, 0.15) is 12.1 Å². The summed E-state index contributed by atoms with van der Waals surface area (Å²) < 4.78 is 18.6. The molecule has 2 N–H and O–H groups in total. The van der Waals surface area contributed by atoms with Gasteiger partial charge in [-0.15, -0.1) is 24.0 Å². The summed E-state index contributed by atoms with van der Waals surface area (Å²) in [6.07, 6.45) is 9.04. The predicted molar refractivity (Wildman–Crippen MR) is 128 cm³/mol. The van der Waals surface area contributed by atoms with Crippen LogP contribution in [0.15, 0.2) is 39.9 Å². The van der Waals surface area contributed by atoms with Crippen molar-refractivity contribution in [2.45, 2.75) is 50.6 Å². The number of hydrogen-bond acceptors (Lipinski definition) is 4. The Balaban J connectivity index is 0.00000256. The van der Waals surface area contributed by atoms with Gasteiger partial charge in [-0.25, -0.2) is 9.37 Å². The topological polar surface area (TPSA) is 65.7 Å². The van der Waals surface area contributed by atoms with Gasteiger partial charge in [0.15, 0.2) is 5.96 Å². The molecule has 1 aromatic carbocycles. The molecule has 1 aromatic heterocycles. The number of aromatic nitrogens is 1. The van der Waals surface area contributed by atoms with Crippen LogP contribution in [0, 0.1) is 5.82 Å². The van der Waals surface area contributed by atoms with Crippen molar-refractivity contribution < 1.29 is 8.81 Å². The number of nitrogens with zero attached hydrogens (tertiary/aromatic N) is 3. The van der Waals surface area contributed by atoms with Gasteiger partial charge in [-0.1, -0.05) is 12.8 Å². The van der Waals surface area contributed by atoms with Crippen molar-refractivity contribution in [1.29, 1.82) is 0 Å². The molecule has 164 valence electrons. The van der Waals surface area contributed by atoms with Gasteiger partial charge in [-0.2, -0.15) is 0 Å². The molecule has 1 saturated heterocycles. The lowest BCUT2D eigenvalue weighted by atomic mass is 10.2. The molecule has 1 aliphatic carbocycles. The predicted octanol–water partition coefficient (Wildman–Crippen LogP) is 3.82. The van der Waals surface area contributed by atoms with Crippen LogP contribution in [0.25, 0.3) is 11.5 Å². The van der Waals surface area contributed by atoms with Crippen LogP contribution in [-0.2, 0) is 6.42 Å². The first-order chi connectivity index (χ1) is 14.2. The van der Waals surface area contributed by atoms with Gasteiger partial charge in [0, 0.05) is 50.7 Å². The zero-order valence-corrected chi connectivity index (χ0v) is 19.8. The number of aliphatic imine (C=N–C) groups is 1. The highest BCUT2D eigenvalue weighted by molar-refractivity contribution is 14.0. The minimum absolute atomic E-state index is 0. The Bertz CT molecular complexity index is 819. The van der Waals surface area contributed by atoms with E-state index in [9.17, 15) is 4.39 Å². The van der Waals surface area contributed by atoms with Gasteiger partial charge in [-0.05, 0) is 43.5 Å². The zero-order chi connectivity index (χ0) is 20.1. The SMILES string of the molecule is CN=C(NCCc1coc(-c2ccc(F)cc2)n1)NC1CCN(C2CCCC2)C1.I. The second-order valence-electron chi connectivity index (χ2n) is 7.96. The molecule has 1 aliphatic heterocycles. The van der Waals surface area contributed by atoms with E-state index in [-0.39, 0.29) is 29.8 Å². The fourth-order valence-corrected chi connectivity index (χ4v) is 4.35. The fourth-order valence-electron chi connectivity index (χ4n) is 4.35. The van der Waals surface area contributed by atoms with Crippen molar-refractivity contribution in [3.05, 3.63) is 42.0 Å². The molecule has 2 fully saturated rings. The highest BCUT2D eigenvalue weighted by Gasteiger charge is 2.30. The summed E-state index contributed by atoms with van der Waals surface area (Å²) in [7, 11) is 1.81. The molecule has 30 heavy (non-hydrogen) atoms. The Kier molecular flexibility index (Phi) is 8.50. The molecule has 0 amide bonds. The highest BCUT2D eigenvalue weighted by Crippen LogP contribution is 2.26. The summed E-state index contributed by atoms with van der Waals surface area (Å²) in [5, 5.41) is 6.93. The summed E-state index contributed by atoms with van der Waals surface area (Å²) >= 11 is 0. The van der Waals surface area contributed by atoms with Gasteiger partial charge in [0.2, 0.25) is 5.89 Å². The average molecular weight is 527 g/mol. The van der Waals surface area contributed by atoms with E-state index >= 15 is 0 Å². The first-order valence-corrected chi connectivity index (χ1v) is 10.6. The lowest BCUT2D eigenvalue weighted by Crippen LogP contribution is -2.45. The second-order valence-corrected chi connectivity index (χ2v) is 7.96. The number of halogens is 2. The lowest BCUT2D eigenvalue weighted by Gasteiger charge is -2.24. The number of hydrogen-bond donors (Lipinski definition) is 2. The highest BCUT2D eigenvalue weighted by atomic mass is 127.